The minimum absolute atomic E-state index is 0.0375. The van der Waals surface area contributed by atoms with Crippen LogP contribution in [0.2, 0.25) is 0 Å². The molecule has 2 atom stereocenters. The molecule has 8 bridgehead atoms. The monoisotopic (exact) mass is 856 g/mol. The summed E-state index contributed by atoms with van der Waals surface area (Å²) in [5.41, 5.74) is 10.9. The number of aliphatic hydroxyl groups is 2. The van der Waals surface area contributed by atoms with Gasteiger partial charge in [0.05, 0.1) is 24.3 Å². The van der Waals surface area contributed by atoms with E-state index in [0.717, 1.165) is 119 Å². The minimum atomic E-state index is -0.312. The van der Waals surface area contributed by atoms with Crippen molar-refractivity contribution < 1.29 is 48.1 Å². The van der Waals surface area contributed by atoms with Crippen molar-refractivity contribution in [3.8, 4) is 46.0 Å². The topological polar surface area (TPSA) is 114 Å². The lowest BCUT2D eigenvalue weighted by atomic mass is 9.74. The Bertz CT molecular complexity index is 1850. The molecule has 0 saturated carbocycles. The van der Waals surface area contributed by atoms with Gasteiger partial charge in [-0.25, -0.2) is 0 Å². The van der Waals surface area contributed by atoms with Crippen LogP contribution in [-0.4, -0.2) is 37.4 Å². The molecule has 4 heterocycles. The third-order valence-electron chi connectivity index (χ3n) is 13.1. The van der Waals surface area contributed by atoms with Crippen molar-refractivity contribution in [2.45, 2.75) is 127 Å². The Labute approximate surface area is 363 Å². The molecule has 0 radical (unpaired) electrons. The van der Waals surface area contributed by atoms with Crippen LogP contribution in [0.4, 0.5) is 0 Å². The molecule has 0 spiro atoms. The molecule has 4 aliphatic heterocycles. The maximum atomic E-state index is 11.3. The Balaban J connectivity index is 1.50. The van der Waals surface area contributed by atoms with Gasteiger partial charge in [-0.15, -0.1) is 0 Å². The molecule has 0 fully saturated rings. The van der Waals surface area contributed by atoms with Gasteiger partial charge in [-0.3, -0.25) is 0 Å². The average molecular weight is 857 g/mol. The summed E-state index contributed by atoms with van der Waals surface area (Å²) in [5.74, 6) is 5.10. The van der Waals surface area contributed by atoms with Crippen molar-refractivity contribution in [2.24, 2.45) is 0 Å². The van der Waals surface area contributed by atoms with Crippen LogP contribution >= 0.6 is 25.3 Å². The lowest BCUT2D eigenvalue weighted by molar-refractivity contribution is 0.0913. The second-order valence-electron chi connectivity index (χ2n) is 16.4. The standard InChI is InChI=1S/C48H56O10S2/c1-5-9-25-29-13-31-26(10-6-2)33-15-35-28(12-8-4)36-16-34-27(11-7-3)32-14-30(25)42-38(18-50)44(32)54-23-56-46(34)40(20-60)48(36)58-24-57-47(35)39(19-59)45(33)55-22-53-43(31)37(17-49)41(29)51-21-52-42/h13-16,25-28,49-50,59-60H,5-12,17-24H2,1-4H3/t25?,26-,27-,28?/m0/s1. The molecular weight excluding hydrogens is 801 g/mol. The van der Waals surface area contributed by atoms with Crippen molar-refractivity contribution in [3.05, 3.63) is 91.0 Å². The van der Waals surface area contributed by atoms with Gasteiger partial charge in [0, 0.05) is 90.8 Å². The zero-order valence-corrected chi connectivity index (χ0v) is 36.8. The molecule has 5 aliphatic rings. The van der Waals surface area contributed by atoms with E-state index >= 15 is 0 Å². The van der Waals surface area contributed by atoms with E-state index in [-0.39, 0.29) is 64.1 Å². The molecule has 320 valence electrons. The van der Waals surface area contributed by atoms with E-state index in [1.165, 1.54) is 0 Å². The van der Waals surface area contributed by atoms with Crippen LogP contribution in [0, 0.1) is 0 Å². The summed E-state index contributed by atoms with van der Waals surface area (Å²) in [6.45, 7) is 7.78. The van der Waals surface area contributed by atoms with Crippen LogP contribution in [0.5, 0.6) is 46.0 Å². The van der Waals surface area contributed by atoms with Gasteiger partial charge in [0.25, 0.3) is 0 Å². The number of ether oxygens (including phenoxy) is 8. The van der Waals surface area contributed by atoms with E-state index in [1.54, 1.807) is 0 Å². The van der Waals surface area contributed by atoms with Crippen molar-refractivity contribution in [2.75, 3.05) is 27.2 Å². The summed E-state index contributed by atoms with van der Waals surface area (Å²) in [7, 11) is 0. The second-order valence-corrected chi connectivity index (χ2v) is 17.0. The first-order valence-corrected chi connectivity index (χ1v) is 23.0. The van der Waals surface area contributed by atoms with Crippen LogP contribution in [-0.2, 0) is 24.7 Å². The number of aliphatic hydroxyl groups excluding tert-OH is 2. The summed E-state index contributed by atoms with van der Waals surface area (Å²) in [6.07, 6.45) is 6.64. The Morgan fingerprint density at radius 1 is 0.383 bits per heavy atom. The summed E-state index contributed by atoms with van der Waals surface area (Å²) in [5, 5.41) is 22.6. The molecule has 10 nitrogen and oxygen atoms in total. The molecule has 2 N–H and O–H groups in total. The van der Waals surface area contributed by atoms with E-state index in [2.05, 4.69) is 52.0 Å². The van der Waals surface area contributed by atoms with Crippen LogP contribution in [0.15, 0.2) is 24.3 Å². The highest BCUT2D eigenvalue weighted by molar-refractivity contribution is 7.79. The van der Waals surface area contributed by atoms with Gasteiger partial charge in [-0.2, -0.15) is 25.3 Å². The maximum Gasteiger partial charge on any atom is 0.230 e. The quantitative estimate of drug-likeness (QED) is 0.103. The van der Waals surface area contributed by atoms with Gasteiger partial charge in [-0.05, 0) is 49.9 Å². The maximum absolute atomic E-state index is 11.3. The Kier molecular flexibility index (Phi) is 11.9. The number of hydrogen-bond donors (Lipinski definition) is 4. The molecule has 0 unspecified atom stereocenters. The molecule has 0 aromatic heterocycles. The minimum Gasteiger partial charge on any atom is -0.457 e. The van der Waals surface area contributed by atoms with E-state index in [0.29, 0.717) is 57.1 Å². The van der Waals surface area contributed by atoms with Gasteiger partial charge in [0.2, 0.25) is 27.2 Å². The van der Waals surface area contributed by atoms with Crippen molar-refractivity contribution in [1.82, 2.24) is 0 Å². The third kappa shape index (κ3) is 6.54. The Hall–Kier alpha value is -4.10. The molecule has 4 aromatic carbocycles. The van der Waals surface area contributed by atoms with E-state index in [9.17, 15) is 10.2 Å². The van der Waals surface area contributed by atoms with Gasteiger partial charge in [0.1, 0.15) is 46.0 Å². The molecule has 0 saturated heterocycles. The SMILES string of the molecule is CCCC1c2cc3c4c(CO)c2OCOc2c1cc1c(c2CO)OCOc2c(cc5c(c2CS)OCOc2c(cc(c(c2CS)OCO4)[C@H]3CCC)C5CCC)[C@H]1CCC. The molecule has 1 aliphatic carbocycles. The Morgan fingerprint density at radius 2 is 0.583 bits per heavy atom. The zero-order chi connectivity index (χ0) is 41.7. The number of rotatable bonds is 12. The Morgan fingerprint density at radius 3 is 0.750 bits per heavy atom. The first-order valence-electron chi connectivity index (χ1n) is 21.7. The highest BCUT2D eigenvalue weighted by Gasteiger charge is 2.41. The first-order chi connectivity index (χ1) is 29.5. The predicted octanol–water partition coefficient (Wildman–Crippen LogP) is 10.5. The summed E-state index contributed by atoms with van der Waals surface area (Å²) >= 11 is 9.90. The highest BCUT2D eigenvalue weighted by Crippen LogP contribution is 2.58. The van der Waals surface area contributed by atoms with E-state index in [1.807, 2.05) is 0 Å². The van der Waals surface area contributed by atoms with Crippen LogP contribution in [0.3, 0.4) is 0 Å². The molecular formula is C48H56O10S2. The third-order valence-corrected chi connectivity index (χ3v) is 13.7. The van der Waals surface area contributed by atoms with Gasteiger partial charge in [0.15, 0.2) is 0 Å². The molecule has 12 heteroatoms. The summed E-state index contributed by atoms with van der Waals surface area (Å²) in [6, 6.07) is 9.14. The fraction of sp³-hybridized carbons (Fsp3) is 0.500. The smallest absolute Gasteiger partial charge is 0.230 e. The average Bonchev–Trinajstić information content (AvgIpc) is 3.24. The van der Waals surface area contributed by atoms with Crippen molar-refractivity contribution in [3.63, 3.8) is 0 Å². The van der Waals surface area contributed by atoms with Crippen LogP contribution in [0.1, 0.15) is 169 Å². The predicted molar refractivity (Wildman–Crippen MR) is 234 cm³/mol. The van der Waals surface area contributed by atoms with E-state index < -0.39 is 0 Å². The lowest BCUT2D eigenvalue weighted by Crippen LogP contribution is -2.25. The molecule has 0 amide bonds. The van der Waals surface area contributed by atoms with Gasteiger partial charge < -0.3 is 48.1 Å². The second kappa shape index (κ2) is 17.3. The molecule has 60 heavy (non-hydrogen) atoms. The summed E-state index contributed by atoms with van der Waals surface area (Å²) in [4.78, 5) is 0. The number of benzene rings is 4. The number of hydrogen-bond acceptors (Lipinski definition) is 12. The normalized spacial score (nSPS) is 20.3. The number of thiol groups is 2. The van der Waals surface area contributed by atoms with E-state index in [4.69, 9.17) is 63.2 Å². The molecule has 9 rings (SSSR count). The van der Waals surface area contributed by atoms with Gasteiger partial charge in [-0.1, -0.05) is 53.4 Å². The van der Waals surface area contributed by atoms with Crippen LogP contribution in [0.25, 0.3) is 0 Å². The summed E-state index contributed by atoms with van der Waals surface area (Å²) < 4.78 is 53.0. The van der Waals surface area contributed by atoms with Crippen molar-refractivity contribution >= 4 is 25.3 Å². The zero-order valence-electron chi connectivity index (χ0n) is 35.0. The fourth-order valence-electron chi connectivity index (χ4n) is 10.7. The largest absolute Gasteiger partial charge is 0.457 e. The lowest BCUT2D eigenvalue weighted by Gasteiger charge is -2.37. The van der Waals surface area contributed by atoms with Crippen LogP contribution < -0.4 is 37.9 Å². The van der Waals surface area contributed by atoms with Gasteiger partial charge >= 0.3 is 0 Å². The highest BCUT2D eigenvalue weighted by atomic mass is 32.1. The fourth-order valence-corrected chi connectivity index (χ4v) is 11.2. The van der Waals surface area contributed by atoms with Crippen molar-refractivity contribution in [1.29, 1.82) is 0 Å². The first kappa shape index (κ1) is 41.3. The molecule has 4 aromatic rings.